The van der Waals surface area contributed by atoms with Gasteiger partial charge in [0.1, 0.15) is 5.82 Å². The summed E-state index contributed by atoms with van der Waals surface area (Å²) in [5.41, 5.74) is -0.189. The first-order valence-electron chi connectivity index (χ1n) is 6.77. The molecule has 0 amide bonds. The van der Waals surface area contributed by atoms with Crippen LogP contribution in [0, 0.1) is 0 Å². The van der Waals surface area contributed by atoms with Crippen molar-refractivity contribution in [2.45, 2.75) is 13.8 Å². The van der Waals surface area contributed by atoms with Crippen LogP contribution >= 0.6 is 11.3 Å². The summed E-state index contributed by atoms with van der Waals surface area (Å²) >= 11 is 1.48. The third-order valence-electron chi connectivity index (χ3n) is 3.33. The monoisotopic (exact) mass is 301 g/mol. The molecule has 0 atom stereocenters. The van der Waals surface area contributed by atoms with Crippen molar-refractivity contribution in [1.29, 1.82) is 0 Å². The molecule has 3 rings (SSSR count). The van der Waals surface area contributed by atoms with Gasteiger partial charge in [-0.05, 0) is 19.9 Å². The second kappa shape index (κ2) is 5.61. The standard InChI is InChI=1S/C14H15N5OS/c1-3-18(4-2)12-5-6-15-14(17-12)19-13(20)11-9-21-8-10(11)7-16-19/h5-9H,3-4H2,1-2H3. The molecule has 0 bridgehead atoms. The van der Waals surface area contributed by atoms with Gasteiger partial charge in [0.2, 0.25) is 0 Å². The maximum Gasteiger partial charge on any atom is 0.282 e. The Morgan fingerprint density at radius 3 is 2.86 bits per heavy atom. The van der Waals surface area contributed by atoms with Crippen LogP contribution < -0.4 is 10.5 Å². The first-order valence-corrected chi connectivity index (χ1v) is 7.71. The van der Waals surface area contributed by atoms with Crippen LogP contribution in [0.4, 0.5) is 5.82 Å². The number of hydrogen-bond donors (Lipinski definition) is 0. The zero-order valence-electron chi connectivity index (χ0n) is 11.9. The van der Waals surface area contributed by atoms with Crippen molar-refractivity contribution in [1.82, 2.24) is 19.7 Å². The fourth-order valence-corrected chi connectivity index (χ4v) is 2.95. The van der Waals surface area contributed by atoms with Gasteiger partial charge in [0.25, 0.3) is 11.5 Å². The number of rotatable bonds is 4. The predicted molar refractivity (Wildman–Crippen MR) is 84.4 cm³/mol. The van der Waals surface area contributed by atoms with Crippen molar-refractivity contribution in [3.05, 3.63) is 39.6 Å². The highest BCUT2D eigenvalue weighted by Gasteiger charge is 2.11. The van der Waals surface area contributed by atoms with Gasteiger partial charge in [-0.25, -0.2) is 4.98 Å². The van der Waals surface area contributed by atoms with Crippen LogP contribution in [0.25, 0.3) is 16.7 Å². The van der Waals surface area contributed by atoms with Crippen LogP contribution in [-0.2, 0) is 0 Å². The largest absolute Gasteiger partial charge is 0.357 e. The summed E-state index contributed by atoms with van der Waals surface area (Å²) in [6, 6.07) is 1.84. The van der Waals surface area contributed by atoms with E-state index in [1.165, 1.54) is 16.0 Å². The van der Waals surface area contributed by atoms with Gasteiger partial charge in [0.05, 0.1) is 11.6 Å². The number of hydrogen-bond acceptors (Lipinski definition) is 6. The van der Waals surface area contributed by atoms with E-state index in [2.05, 4.69) is 33.8 Å². The second-order valence-corrected chi connectivity index (χ2v) is 5.23. The van der Waals surface area contributed by atoms with Crippen LogP contribution in [0.2, 0.25) is 0 Å². The van der Waals surface area contributed by atoms with E-state index in [0.717, 1.165) is 24.3 Å². The molecule has 3 heterocycles. The maximum atomic E-state index is 12.4. The quantitative estimate of drug-likeness (QED) is 0.738. The van der Waals surface area contributed by atoms with E-state index in [9.17, 15) is 4.79 Å². The molecule has 0 saturated carbocycles. The summed E-state index contributed by atoms with van der Waals surface area (Å²) in [5, 5.41) is 9.39. The molecule has 0 fully saturated rings. The number of nitrogens with zero attached hydrogens (tertiary/aromatic N) is 5. The lowest BCUT2D eigenvalue weighted by molar-refractivity contribution is 0.751. The van der Waals surface area contributed by atoms with Gasteiger partial charge in [-0.2, -0.15) is 26.1 Å². The first-order chi connectivity index (χ1) is 10.2. The lowest BCUT2D eigenvalue weighted by atomic mass is 10.3. The minimum atomic E-state index is -0.189. The number of fused-ring (bicyclic) bond motifs is 1. The highest BCUT2D eigenvalue weighted by atomic mass is 32.1. The SMILES string of the molecule is CCN(CC)c1ccnc(-n2ncc3cscc3c2=O)n1. The number of aromatic nitrogens is 4. The van der Waals surface area contributed by atoms with Gasteiger partial charge in [0, 0.05) is 35.4 Å². The molecule has 3 aromatic heterocycles. The Kier molecular flexibility index (Phi) is 3.66. The highest BCUT2D eigenvalue weighted by Crippen LogP contribution is 2.15. The molecule has 0 aliphatic heterocycles. The molecule has 0 aliphatic rings. The molecular formula is C14H15N5OS. The second-order valence-electron chi connectivity index (χ2n) is 4.49. The zero-order valence-corrected chi connectivity index (χ0v) is 12.7. The zero-order chi connectivity index (χ0) is 14.8. The van der Waals surface area contributed by atoms with Crippen LogP contribution in [0.15, 0.2) is 34.0 Å². The molecule has 0 spiro atoms. The van der Waals surface area contributed by atoms with Crippen molar-refractivity contribution in [3.8, 4) is 5.95 Å². The van der Waals surface area contributed by atoms with Crippen LogP contribution in [0.3, 0.4) is 0 Å². The number of anilines is 1. The van der Waals surface area contributed by atoms with E-state index in [-0.39, 0.29) is 5.56 Å². The first kappa shape index (κ1) is 13.7. The Morgan fingerprint density at radius 2 is 2.10 bits per heavy atom. The summed E-state index contributed by atoms with van der Waals surface area (Å²) in [5.74, 6) is 1.10. The maximum absolute atomic E-state index is 12.4. The van der Waals surface area contributed by atoms with Crippen LogP contribution in [-0.4, -0.2) is 32.8 Å². The van der Waals surface area contributed by atoms with E-state index in [1.807, 2.05) is 16.8 Å². The van der Waals surface area contributed by atoms with E-state index in [0.29, 0.717) is 11.3 Å². The van der Waals surface area contributed by atoms with Crippen LogP contribution in [0.1, 0.15) is 13.8 Å². The van der Waals surface area contributed by atoms with Crippen molar-refractivity contribution in [2.24, 2.45) is 0 Å². The van der Waals surface area contributed by atoms with Crippen molar-refractivity contribution in [2.75, 3.05) is 18.0 Å². The van der Waals surface area contributed by atoms with Gasteiger partial charge in [-0.3, -0.25) is 4.79 Å². The molecule has 0 N–H and O–H groups in total. The van der Waals surface area contributed by atoms with Gasteiger partial charge < -0.3 is 4.90 Å². The minimum Gasteiger partial charge on any atom is -0.357 e. The van der Waals surface area contributed by atoms with E-state index in [4.69, 9.17) is 0 Å². The normalized spacial score (nSPS) is 11.0. The summed E-state index contributed by atoms with van der Waals surface area (Å²) < 4.78 is 1.25. The minimum absolute atomic E-state index is 0.189. The molecule has 6 nitrogen and oxygen atoms in total. The average Bonchev–Trinajstić information content (AvgIpc) is 2.99. The summed E-state index contributed by atoms with van der Waals surface area (Å²) in [6.07, 6.45) is 3.32. The predicted octanol–water partition coefficient (Wildman–Crippen LogP) is 2.08. The van der Waals surface area contributed by atoms with Gasteiger partial charge in [0.15, 0.2) is 0 Å². The molecule has 0 saturated heterocycles. The average molecular weight is 301 g/mol. The van der Waals surface area contributed by atoms with E-state index in [1.54, 1.807) is 12.4 Å². The van der Waals surface area contributed by atoms with E-state index < -0.39 is 0 Å². The fourth-order valence-electron chi connectivity index (χ4n) is 2.17. The summed E-state index contributed by atoms with van der Waals surface area (Å²) in [7, 11) is 0. The van der Waals surface area contributed by atoms with E-state index >= 15 is 0 Å². The third-order valence-corrected chi connectivity index (χ3v) is 4.09. The highest BCUT2D eigenvalue weighted by molar-refractivity contribution is 7.09. The van der Waals surface area contributed by atoms with Gasteiger partial charge >= 0.3 is 0 Å². The van der Waals surface area contributed by atoms with Gasteiger partial charge in [-0.1, -0.05) is 0 Å². The third kappa shape index (κ3) is 2.40. The lowest BCUT2D eigenvalue weighted by Gasteiger charge is -2.19. The molecule has 0 aliphatic carbocycles. The summed E-state index contributed by atoms with van der Waals surface area (Å²) in [6.45, 7) is 5.82. The number of thiophene rings is 1. The Balaban J connectivity index is 2.12. The molecule has 0 aromatic carbocycles. The Hall–Kier alpha value is -2.28. The molecular weight excluding hydrogens is 286 g/mol. The smallest absolute Gasteiger partial charge is 0.282 e. The van der Waals surface area contributed by atoms with Crippen molar-refractivity contribution in [3.63, 3.8) is 0 Å². The Bertz CT molecular complexity index is 821. The van der Waals surface area contributed by atoms with Crippen LogP contribution in [0.5, 0.6) is 0 Å². The fraction of sp³-hybridized carbons (Fsp3) is 0.286. The van der Waals surface area contributed by atoms with Gasteiger partial charge in [-0.15, -0.1) is 0 Å². The molecule has 0 radical (unpaired) electrons. The van der Waals surface area contributed by atoms with Crippen molar-refractivity contribution < 1.29 is 0 Å². The molecule has 7 heteroatoms. The topological polar surface area (TPSA) is 63.9 Å². The molecule has 108 valence electrons. The molecule has 3 aromatic rings. The molecule has 21 heavy (non-hydrogen) atoms. The Morgan fingerprint density at radius 1 is 1.29 bits per heavy atom. The Labute approximate surface area is 125 Å². The van der Waals surface area contributed by atoms with Crippen molar-refractivity contribution >= 4 is 27.9 Å². The molecule has 0 unspecified atom stereocenters. The lowest BCUT2D eigenvalue weighted by Crippen LogP contribution is -2.26. The summed E-state index contributed by atoms with van der Waals surface area (Å²) in [4.78, 5) is 23.2.